The van der Waals surface area contributed by atoms with E-state index in [0.717, 1.165) is 17.4 Å². The number of carbonyl (C=O) groups excluding carboxylic acids is 2. The first-order chi connectivity index (χ1) is 15.7. The molecular weight excluding hydrogens is 440 g/mol. The number of rotatable bonds is 8. The molecule has 0 saturated carbocycles. The van der Waals surface area contributed by atoms with Gasteiger partial charge in [-0.1, -0.05) is 30.3 Å². The molecule has 33 heavy (non-hydrogen) atoms. The summed E-state index contributed by atoms with van der Waals surface area (Å²) in [6.07, 6.45) is 1.15. The second-order valence-electron chi connectivity index (χ2n) is 7.51. The van der Waals surface area contributed by atoms with E-state index >= 15 is 0 Å². The lowest BCUT2D eigenvalue weighted by Gasteiger charge is -2.22. The standard InChI is InChI=1S/C25H26N2O5S/c1-4-32-25(29)21-12-15-23(18(2)16-21)26-24(28)20-10-13-22(14-11-20)27(33(3,30)31)17-19-8-6-5-7-9-19/h5-16H,4,17H2,1-3H3,(H,26,28). The Morgan fingerprint density at radius 3 is 2.15 bits per heavy atom. The van der Waals surface area contributed by atoms with E-state index in [-0.39, 0.29) is 19.1 Å². The van der Waals surface area contributed by atoms with E-state index in [0.29, 0.717) is 22.5 Å². The van der Waals surface area contributed by atoms with Gasteiger partial charge in [0.05, 0.1) is 30.7 Å². The summed E-state index contributed by atoms with van der Waals surface area (Å²) in [7, 11) is -3.52. The lowest BCUT2D eigenvalue weighted by molar-refractivity contribution is 0.0526. The minimum atomic E-state index is -3.52. The molecule has 0 aliphatic carbocycles. The number of nitrogens with one attached hydrogen (secondary N) is 1. The molecule has 3 aromatic carbocycles. The zero-order valence-electron chi connectivity index (χ0n) is 18.7. The number of hydrogen-bond donors (Lipinski definition) is 1. The van der Waals surface area contributed by atoms with Crippen LogP contribution in [0.25, 0.3) is 0 Å². The van der Waals surface area contributed by atoms with Crippen LogP contribution in [0.4, 0.5) is 11.4 Å². The van der Waals surface area contributed by atoms with Gasteiger partial charge in [-0.05, 0) is 67.4 Å². The summed E-state index contributed by atoms with van der Waals surface area (Å²) in [6.45, 7) is 4.00. The number of nitrogens with zero attached hydrogens (tertiary/aromatic N) is 1. The van der Waals surface area contributed by atoms with Crippen molar-refractivity contribution >= 4 is 33.3 Å². The summed E-state index contributed by atoms with van der Waals surface area (Å²) in [6, 6.07) is 20.6. The van der Waals surface area contributed by atoms with Gasteiger partial charge in [0.1, 0.15) is 0 Å². The number of anilines is 2. The summed E-state index contributed by atoms with van der Waals surface area (Å²) >= 11 is 0. The highest BCUT2D eigenvalue weighted by Gasteiger charge is 2.19. The molecule has 0 fully saturated rings. The fraction of sp³-hybridized carbons (Fsp3) is 0.200. The third-order valence-corrected chi connectivity index (χ3v) is 6.11. The van der Waals surface area contributed by atoms with Gasteiger partial charge in [0.15, 0.2) is 0 Å². The maximum absolute atomic E-state index is 12.7. The number of ether oxygens (including phenoxy) is 1. The van der Waals surface area contributed by atoms with Crippen molar-refractivity contribution in [3.63, 3.8) is 0 Å². The smallest absolute Gasteiger partial charge is 0.338 e. The van der Waals surface area contributed by atoms with Gasteiger partial charge in [-0.2, -0.15) is 0 Å². The lowest BCUT2D eigenvalue weighted by Crippen LogP contribution is -2.29. The molecule has 0 aliphatic rings. The molecule has 1 N–H and O–H groups in total. The van der Waals surface area contributed by atoms with Crippen LogP contribution in [0.3, 0.4) is 0 Å². The number of aryl methyl sites for hydroxylation is 1. The zero-order chi connectivity index (χ0) is 24.0. The van der Waals surface area contributed by atoms with Crippen molar-refractivity contribution in [2.24, 2.45) is 0 Å². The third-order valence-electron chi connectivity index (χ3n) is 4.97. The number of hydrogen-bond acceptors (Lipinski definition) is 5. The second-order valence-corrected chi connectivity index (χ2v) is 9.41. The fourth-order valence-corrected chi connectivity index (χ4v) is 4.16. The molecule has 7 nitrogen and oxygen atoms in total. The number of sulfonamides is 1. The van der Waals surface area contributed by atoms with Crippen LogP contribution in [0.15, 0.2) is 72.8 Å². The zero-order valence-corrected chi connectivity index (χ0v) is 19.6. The van der Waals surface area contributed by atoms with Gasteiger partial charge in [0, 0.05) is 11.3 Å². The van der Waals surface area contributed by atoms with Crippen molar-refractivity contribution in [2.45, 2.75) is 20.4 Å². The highest BCUT2D eigenvalue weighted by atomic mass is 32.2. The Morgan fingerprint density at radius 1 is 0.939 bits per heavy atom. The van der Waals surface area contributed by atoms with E-state index in [1.807, 2.05) is 30.3 Å². The summed E-state index contributed by atoms with van der Waals surface area (Å²) in [5, 5.41) is 2.82. The van der Waals surface area contributed by atoms with Crippen molar-refractivity contribution in [2.75, 3.05) is 22.5 Å². The van der Waals surface area contributed by atoms with Gasteiger partial charge in [0.25, 0.3) is 5.91 Å². The molecule has 0 radical (unpaired) electrons. The molecule has 1 amide bonds. The van der Waals surface area contributed by atoms with E-state index in [4.69, 9.17) is 4.74 Å². The average molecular weight is 467 g/mol. The van der Waals surface area contributed by atoms with Gasteiger partial charge >= 0.3 is 5.97 Å². The van der Waals surface area contributed by atoms with Gasteiger partial charge in [-0.15, -0.1) is 0 Å². The molecule has 0 saturated heterocycles. The van der Waals surface area contributed by atoms with Crippen LogP contribution < -0.4 is 9.62 Å². The van der Waals surface area contributed by atoms with Crippen molar-refractivity contribution < 1.29 is 22.7 Å². The molecule has 0 heterocycles. The van der Waals surface area contributed by atoms with Crippen molar-refractivity contribution in [3.8, 4) is 0 Å². The molecule has 3 rings (SSSR count). The van der Waals surface area contributed by atoms with Crippen LogP contribution in [0, 0.1) is 6.92 Å². The number of benzene rings is 3. The number of amides is 1. The molecule has 0 aliphatic heterocycles. The predicted octanol–water partition coefficient (Wildman–Crippen LogP) is 4.39. The molecule has 0 aromatic heterocycles. The highest BCUT2D eigenvalue weighted by molar-refractivity contribution is 7.92. The van der Waals surface area contributed by atoms with Gasteiger partial charge in [-0.25, -0.2) is 13.2 Å². The first-order valence-electron chi connectivity index (χ1n) is 10.4. The Hall–Kier alpha value is -3.65. The maximum atomic E-state index is 12.7. The monoisotopic (exact) mass is 466 g/mol. The fourth-order valence-electron chi connectivity index (χ4n) is 3.27. The molecule has 172 valence electrons. The summed E-state index contributed by atoms with van der Waals surface area (Å²) in [5.41, 5.74) is 3.40. The van der Waals surface area contributed by atoms with Gasteiger partial charge < -0.3 is 10.1 Å². The normalized spacial score (nSPS) is 11.0. The van der Waals surface area contributed by atoms with Crippen molar-refractivity contribution in [3.05, 3.63) is 95.1 Å². The Balaban J connectivity index is 1.76. The largest absolute Gasteiger partial charge is 0.462 e. The Bertz CT molecular complexity index is 1240. The third kappa shape index (κ3) is 6.20. The van der Waals surface area contributed by atoms with Crippen LogP contribution in [0.1, 0.15) is 38.8 Å². The molecule has 8 heteroatoms. The highest BCUT2D eigenvalue weighted by Crippen LogP contribution is 2.23. The van der Waals surface area contributed by atoms with Crippen LogP contribution >= 0.6 is 0 Å². The molecule has 0 unspecified atom stereocenters. The van der Waals surface area contributed by atoms with Crippen LogP contribution in [0.2, 0.25) is 0 Å². The first-order valence-corrected chi connectivity index (χ1v) is 12.2. The van der Waals surface area contributed by atoms with E-state index in [1.165, 1.54) is 4.31 Å². The van der Waals surface area contributed by atoms with Crippen LogP contribution in [-0.4, -0.2) is 33.2 Å². The van der Waals surface area contributed by atoms with Crippen molar-refractivity contribution in [1.29, 1.82) is 0 Å². The Kier molecular flexibility index (Phi) is 7.50. The molecule has 0 spiro atoms. The second kappa shape index (κ2) is 10.3. The quantitative estimate of drug-likeness (QED) is 0.497. The summed E-state index contributed by atoms with van der Waals surface area (Å²) in [5.74, 6) is -0.762. The first kappa shape index (κ1) is 24.0. The maximum Gasteiger partial charge on any atom is 0.338 e. The van der Waals surface area contributed by atoms with Crippen LogP contribution in [-0.2, 0) is 21.3 Å². The van der Waals surface area contributed by atoms with Gasteiger partial charge in [-0.3, -0.25) is 9.10 Å². The van der Waals surface area contributed by atoms with E-state index in [9.17, 15) is 18.0 Å². The van der Waals surface area contributed by atoms with Crippen LogP contribution in [0.5, 0.6) is 0 Å². The topological polar surface area (TPSA) is 92.8 Å². The van der Waals surface area contributed by atoms with E-state index in [2.05, 4.69) is 5.32 Å². The van der Waals surface area contributed by atoms with Crippen molar-refractivity contribution in [1.82, 2.24) is 0 Å². The molecular formula is C25H26N2O5S. The Labute approximate surface area is 194 Å². The average Bonchev–Trinajstić information content (AvgIpc) is 2.79. The van der Waals surface area contributed by atoms with Gasteiger partial charge in [0.2, 0.25) is 10.0 Å². The van der Waals surface area contributed by atoms with E-state index < -0.39 is 16.0 Å². The summed E-state index contributed by atoms with van der Waals surface area (Å²) < 4.78 is 31.0. The molecule has 0 atom stereocenters. The predicted molar refractivity (Wildman–Crippen MR) is 129 cm³/mol. The Morgan fingerprint density at radius 2 is 1.58 bits per heavy atom. The number of esters is 1. The number of carbonyl (C=O) groups is 2. The minimum absolute atomic E-state index is 0.192. The molecule has 0 bridgehead atoms. The lowest BCUT2D eigenvalue weighted by atomic mass is 10.1. The summed E-state index contributed by atoms with van der Waals surface area (Å²) in [4.78, 5) is 24.6. The molecule has 3 aromatic rings. The SMILES string of the molecule is CCOC(=O)c1ccc(NC(=O)c2ccc(N(Cc3ccccc3)S(C)(=O)=O)cc2)c(C)c1. The minimum Gasteiger partial charge on any atom is -0.462 e. The van der Waals surface area contributed by atoms with E-state index in [1.54, 1.807) is 56.3 Å².